The Morgan fingerprint density at radius 2 is 1.25 bits per heavy atom. The van der Waals surface area contributed by atoms with Crippen LogP contribution in [-0.2, 0) is 0 Å². The molecule has 4 aromatic carbocycles. The van der Waals surface area contributed by atoms with Gasteiger partial charge < -0.3 is 9.72 Å². The summed E-state index contributed by atoms with van der Waals surface area (Å²) in [6.07, 6.45) is 8.76. The lowest BCUT2D eigenvalue weighted by Crippen LogP contribution is -2.30. The molecule has 0 bridgehead atoms. The number of amides is 2. The molecule has 4 aliphatic rings. The third-order valence-corrected chi connectivity index (χ3v) is 12.5. The van der Waals surface area contributed by atoms with Crippen LogP contribution >= 0.6 is 0 Å². The predicted octanol–water partition coefficient (Wildman–Crippen LogP) is 9.41. The molecule has 1 aliphatic heterocycles. The van der Waals surface area contributed by atoms with Gasteiger partial charge in [-0.05, 0) is 114 Å². The zero-order chi connectivity index (χ0) is 38.3. The summed E-state index contributed by atoms with van der Waals surface area (Å²) >= 11 is 0. The summed E-state index contributed by atoms with van der Waals surface area (Å²) in [6, 6.07) is 18.2. The minimum Gasteiger partial charge on any atom is -0.488 e. The highest BCUT2D eigenvalue weighted by Gasteiger charge is 2.43. The van der Waals surface area contributed by atoms with Gasteiger partial charge in [0, 0.05) is 11.1 Å². The first-order valence-electron chi connectivity index (χ1n) is 19.9. The van der Waals surface area contributed by atoms with E-state index in [1.54, 1.807) is 42.5 Å². The van der Waals surface area contributed by atoms with E-state index in [0.29, 0.717) is 39.4 Å². The van der Waals surface area contributed by atoms with Crippen molar-refractivity contribution in [3.05, 3.63) is 110 Å². The molecular formula is C46H45N3O6. The molecule has 9 nitrogen and oxygen atoms in total. The van der Waals surface area contributed by atoms with E-state index in [-0.39, 0.29) is 63.3 Å². The third-order valence-electron chi connectivity index (χ3n) is 12.5. The Morgan fingerprint density at radius 3 is 1.84 bits per heavy atom. The van der Waals surface area contributed by atoms with Crippen LogP contribution in [0.4, 0.5) is 5.69 Å². The molecule has 0 radical (unpaired) electrons. The van der Waals surface area contributed by atoms with E-state index >= 15 is 0 Å². The minimum absolute atomic E-state index is 0.0455. The quantitative estimate of drug-likeness (QED) is 0.124. The number of nitrogens with one attached hydrogen (secondary N) is 1. The average molecular weight is 736 g/mol. The molecule has 0 spiro atoms. The molecular weight excluding hydrogens is 691 g/mol. The fourth-order valence-electron chi connectivity index (χ4n) is 9.76. The number of Topliss-reactive ketones (excluding diaryl/α,β-unsaturated/α-hetero) is 2. The number of fused-ring (bicyclic) bond motifs is 4. The molecule has 2 saturated carbocycles. The summed E-state index contributed by atoms with van der Waals surface area (Å²) in [6.45, 7) is 8.27. The molecule has 280 valence electrons. The van der Waals surface area contributed by atoms with Crippen LogP contribution in [0.2, 0.25) is 0 Å². The molecule has 0 atom stereocenters. The molecule has 9 heteroatoms. The van der Waals surface area contributed by atoms with Crippen LogP contribution in [0.25, 0.3) is 21.7 Å². The first kappa shape index (κ1) is 35.3. The second kappa shape index (κ2) is 13.4. The number of anilines is 1. The minimum atomic E-state index is -1.35. The van der Waals surface area contributed by atoms with Gasteiger partial charge in [-0.1, -0.05) is 71.6 Å². The van der Waals surface area contributed by atoms with Crippen molar-refractivity contribution in [1.29, 1.82) is 0 Å². The van der Waals surface area contributed by atoms with Crippen molar-refractivity contribution < 1.29 is 23.9 Å². The molecule has 2 fully saturated rings. The van der Waals surface area contributed by atoms with E-state index in [4.69, 9.17) is 9.72 Å². The highest BCUT2D eigenvalue weighted by Crippen LogP contribution is 2.45. The highest BCUT2D eigenvalue weighted by molar-refractivity contribution is 6.36. The van der Waals surface area contributed by atoms with Gasteiger partial charge in [0.05, 0.1) is 22.2 Å². The Bertz CT molecular complexity index is 2440. The van der Waals surface area contributed by atoms with E-state index in [1.165, 1.54) is 23.3 Å². The zero-order valence-corrected chi connectivity index (χ0v) is 31.7. The van der Waals surface area contributed by atoms with Gasteiger partial charge in [0.2, 0.25) is 0 Å². The summed E-state index contributed by atoms with van der Waals surface area (Å²) in [5, 5.41) is 1.44. The number of H-pyrrole nitrogens is 1. The Balaban J connectivity index is 1.08. The topological polar surface area (TPSA) is 127 Å². The molecule has 55 heavy (non-hydrogen) atoms. The normalized spacial score (nSPS) is 18.1. The number of aromatic amines is 1. The third kappa shape index (κ3) is 5.73. The summed E-state index contributed by atoms with van der Waals surface area (Å²) in [7, 11) is 0. The van der Waals surface area contributed by atoms with Crippen molar-refractivity contribution in [3.8, 4) is 5.75 Å². The molecule has 2 heterocycles. The summed E-state index contributed by atoms with van der Waals surface area (Å²) in [5.41, 5.74) is 3.69. The van der Waals surface area contributed by atoms with E-state index in [1.807, 2.05) is 0 Å². The van der Waals surface area contributed by atoms with Crippen molar-refractivity contribution in [1.82, 2.24) is 9.97 Å². The van der Waals surface area contributed by atoms with Crippen LogP contribution in [0.1, 0.15) is 155 Å². The predicted molar refractivity (Wildman–Crippen MR) is 212 cm³/mol. The molecule has 1 aromatic heterocycles. The maximum atomic E-state index is 14.3. The van der Waals surface area contributed by atoms with Crippen molar-refractivity contribution >= 4 is 50.7 Å². The Hall–Kier alpha value is -5.44. The fraction of sp³-hybridized carbons (Fsp3) is 0.391. The standard InChI is InChI=1S/C46H45N3O6/c1-23(2)42(24(3)4)55-37-15-9-14-31-39(37)47-43(48-44(31)52)38-40(50)32-18-28-20-34-35(21-29(28)19-33(32)41(38)51)46(54)49(45(34)53)36-22-27(25-10-5-6-11-25)16-17-30(36)26-12-7-8-13-26/h9,14-26,38,42H,5-8,10-13H2,1-4H3,(H,47,48,52). The number of imide groups is 1. The zero-order valence-electron chi connectivity index (χ0n) is 31.7. The fourth-order valence-corrected chi connectivity index (χ4v) is 9.76. The number of ether oxygens (including phenoxy) is 1. The molecule has 3 aliphatic carbocycles. The summed E-state index contributed by atoms with van der Waals surface area (Å²) in [4.78, 5) is 78.9. The number of hydrogen-bond donors (Lipinski definition) is 1. The lowest BCUT2D eigenvalue weighted by Gasteiger charge is -2.26. The number of rotatable bonds is 8. The lowest BCUT2D eigenvalue weighted by molar-refractivity contribution is 0.0880. The Morgan fingerprint density at radius 1 is 0.691 bits per heavy atom. The smallest absolute Gasteiger partial charge is 0.266 e. The van der Waals surface area contributed by atoms with Gasteiger partial charge in [0.1, 0.15) is 29.1 Å². The molecule has 2 amide bonds. The SMILES string of the molecule is CC(C)C(Oc1cccc2c(=O)[nH]c(C3C(=O)c4cc5cc6c(cc5cc4C3=O)C(=O)N(c3cc(C4CCCC4)ccc3C3CCCC3)C6=O)nc12)C(C)C. The van der Waals surface area contributed by atoms with Gasteiger partial charge in [-0.3, -0.25) is 24.0 Å². The van der Waals surface area contributed by atoms with Gasteiger partial charge in [0.15, 0.2) is 11.6 Å². The Labute approximate surface area is 319 Å². The maximum Gasteiger partial charge on any atom is 0.266 e. The van der Waals surface area contributed by atoms with Crippen molar-refractivity contribution in [2.75, 3.05) is 4.90 Å². The van der Waals surface area contributed by atoms with Crippen molar-refractivity contribution in [2.24, 2.45) is 11.8 Å². The molecule has 0 unspecified atom stereocenters. The highest BCUT2D eigenvalue weighted by atomic mass is 16.5. The molecule has 9 rings (SSSR count). The van der Waals surface area contributed by atoms with Crippen LogP contribution in [0.15, 0.2) is 65.5 Å². The van der Waals surface area contributed by atoms with Gasteiger partial charge in [0.25, 0.3) is 17.4 Å². The molecule has 1 N–H and O–H groups in total. The maximum absolute atomic E-state index is 14.3. The average Bonchev–Trinajstić information content (AvgIpc) is 3.98. The molecule has 5 aromatic rings. The second-order valence-electron chi connectivity index (χ2n) is 16.7. The van der Waals surface area contributed by atoms with Crippen LogP contribution in [0.5, 0.6) is 5.75 Å². The number of ketones is 2. The monoisotopic (exact) mass is 735 g/mol. The van der Waals surface area contributed by atoms with Gasteiger partial charge in [-0.2, -0.15) is 0 Å². The van der Waals surface area contributed by atoms with Crippen LogP contribution in [-0.4, -0.2) is 39.5 Å². The number of benzene rings is 4. The van der Waals surface area contributed by atoms with Crippen molar-refractivity contribution in [3.63, 3.8) is 0 Å². The van der Waals surface area contributed by atoms with E-state index in [0.717, 1.165) is 44.1 Å². The van der Waals surface area contributed by atoms with E-state index < -0.39 is 23.0 Å². The van der Waals surface area contributed by atoms with Gasteiger partial charge in [-0.25, -0.2) is 9.88 Å². The number of para-hydroxylation sites is 1. The van der Waals surface area contributed by atoms with E-state index in [9.17, 15) is 24.0 Å². The number of carbonyl (C=O) groups excluding carboxylic acids is 4. The number of hydrogen-bond acceptors (Lipinski definition) is 7. The van der Waals surface area contributed by atoms with Crippen molar-refractivity contribution in [2.45, 2.75) is 103 Å². The molecule has 0 saturated heterocycles. The van der Waals surface area contributed by atoms with Crippen LogP contribution < -0.4 is 15.2 Å². The number of aromatic nitrogens is 2. The number of nitrogens with zero attached hydrogens (tertiary/aromatic N) is 2. The summed E-state index contributed by atoms with van der Waals surface area (Å²) in [5.74, 6) is -1.60. The van der Waals surface area contributed by atoms with Crippen LogP contribution in [0.3, 0.4) is 0 Å². The largest absolute Gasteiger partial charge is 0.488 e. The van der Waals surface area contributed by atoms with E-state index in [2.05, 4.69) is 50.9 Å². The first-order valence-corrected chi connectivity index (χ1v) is 19.9. The Kier molecular flexibility index (Phi) is 8.59. The first-order chi connectivity index (χ1) is 26.5. The number of carbonyl (C=O) groups is 4. The van der Waals surface area contributed by atoms with Gasteiger partial charge >= 0.3 is 0 Å². The summed E-state index contributed by atoms with van der Waals surface area (Å²) < 4.78 is 6.40. The second-order valence-corrected chi connectivity index (χ2v) is 16.7. The lowest BCUT2D eigenvalue weighted by atomic mass is 9.90. The van der Waals surface area contributed by atoms with Crippen LogP contribution in [0, 0.1) is 11.8 Å². The van der Waals surface area contributed by atoms with Gasteiger partial charge in [-0.15, -0.1) is 0 Å².